The number of esters is 1. The first-order chi connectivity index (χ1) is 11.7. The molecule has 0 spiro atoms. The molecule has 2 rings (SSSR count). The first-order valence-corrected chi connectivity index (χ1v) is 8.81. The van der Waals surface area contributed by atoms with Crippen LogP contribution in [-0.4, -0.2) is 46.2 Å². The highest BCUT2D eigenvalue weighted by atomic mass is 16.7. The van der Waals surface area contributed by atoms with E-state index in [9.17, 15) is 4.79 Å². The van der Waals surface area contributed by atoms with Crippen molar-refractivity contribution >= 4 is 11.7 Å². The highest BCUT2D eigenvalue weighted by Crippen LogP contribution is 2.24. The van der Waals surface area contributed by atoms with Gasteiger partial charge in [-0.3, -0.25) is 4.79 Å². The molecule has 0 atom stereocenters. The van der Waals surface area contributed by atoms with E-state index in [1.54, 1.807) is 7.11 Å². The van der Waals surface area contributed by atoms with Gasteiger partial charge in [-0.15, -0.1) is 0 Å². The normalized spacial score (nSPS) is 15.5. The number of nitrogens with zero attached hydrogens (tertiary/aromatic N) is 1. The molecule has 1 aliphatic heterocycles. The van der Waals surface area contributed by atoms with Gasteiger partial charge < -0.3 is 19.1 Å². The van der Waals surface area contributed by atoms with Crippen LogP contribution in [0.1, 0.15) is 31.7 Å². The van der Waals surface area contributed by atoms with Gasteiger partial charge in [-0.05, 0) is 50.3 Å². The molecule has 0 N–H and O–H groups in total. The molecule has 5 heteroatoms. The number of carbonyl (C=O) groups excluding carboxylic acids is 1. The van der Waals surface area contributed by atoms with Crippen molar-refractivity contribution in [3.05, 3.63) is 29.8 Å². The van der Waals surface area contributed by atoms with E-state index in [4.69, 9.17) is 14.2 Å². The highest BCUT2D eigenvalue weighted by Gasteiger charge is 2.25. The van der Waals surface area contributed by atoms with Gasteiger partial charge in [0.2, 0.25) is 0 Å². The topological polar surface area (TPSA) is 48.0 Å². The zero-order chi connectivity index (χ0) is 17.2. The van der Waals surface area contributed by atoms with Crippen molar-refractivity contribution < 1.29 is 19.0 Å². The van der Waals surface area contributed by atoms with E-state index < -0.39 is 0 Å². The standard InChI is InChI=1S/C19H29NO4/c1-3-24-19(21)17-10-12-20(13-11-17)18-8-6-16(7-9-18)5-4-14-23-15-22-2/h6-9,17H,3-5,10-15H2,1-2H3. The van der Waals surface area contributed by atoms with Crippen LogP contribution in [0.5, 0.6) is 0 Å². The molecule has 0 saturated carbocycles. The first kappa shape index (κ1) is 18.7. The fraction of sp³-hybridized carbons (Fsp3) is 0.632. The maximum atomic E-state index is 11.8. The summed E-state index contributed by atoms with van der Waals surface area (Å²) in [7, 11) is 1.63. The molecule has 5 nitrogen and oxygen atoms in total. The van der Waals surface area contributed by atoms with E-state index in [0.717, 1.165) is 45.4 Å². The number of hydrogen-bond donors (Lipinski definition) is 0. The molecule has 24 heavy (non-hydrogen) atoms. The first-order valence-electron chi connectivity index (χ1n) is 8.81. The van der Waals surface area contributed by atoms with Crippen LogP contribution < -0.4 is 4.90 Å². The minimum Gasteiger partial charge on any atom is -0.466 e. The Hall–Kier alpha value is -1.59. The average molecular weight is 335 g/mol. The molecule has 0 unspecified atom stereocenters. The lowest BCUT2D eigenvalue weighted by molar-refractivity contribution is -0.148. The van der Waals surface area contributed by atoms with Crippen LogP contribution in [0.4, 0.5) is 5.69 Å². The van der Waals surface area contributed by atoms with E-state index >= 15 is 0 Å². The second-order valence-corrected chi connectivity index (χ2v) is 6.10. The third-order valence-corrected chi connectivity index (χ3v) is 4.37. The van der Waals surface area contributed by atoms with Crippen molar-refractivity contribution in [2.45, 2.75) is 32.6 Å². The van der Waals surface area contributed by atoms with Crippen molar-refractivity contribution in [1.82, 2.24) is 0 Å². The molecule has 0 aromatic heterocycles. The summed E-state index contributed by atoms with van der Waals surface area (Å²) in [5.74, 6) is 0.0239. The largest absolute Gasteiger partial charge is 0.466 e. The second-order valence-electron chi connectivity index (χ2n) is 6.10. The van der Waals surface area contributed by atoms with Crippen LogP contribution in [-0.2, 0) is 25.4 Å². The molecule has 1 saturated heterocycles. The smallest absolute Gasteiger partial charge is 0.309 e. The highest BCUT2D eigenvalue weighted by molar-refractivity contribution is 5.72. The Kier molecular flexibility index (Phi) is 8.05. The predicted octanol–water partition coefficient (Wildman–Crippen LogP) is 3.02. The Morgan fingerprint density at radius 3 is 2.54 bits per heavy atom. The molecule has 1 heterocycles. The van der Waals surface area contributed by atoms with Crippen molar-refractivity contribution in [2.24, 2.45) is 5.92 Å². The van der Waals surface area contributed by atoms with Crippen molar-refractivity contribution in [3.8, 4) is 0 Å². The maximum Gasteiger partial charge on any atom is 0.309 e. The van der Waals surface area contributed by atoms with Gasteiger partial charge in [0.1, 0.15) is 6.79 Å². The monoisotopic (exact) mass is 335 g/mol. The molecule has 0 aliphatic carbocycles. The molecule has 1 aliphatic rings. The molecule has 1 aromatic carbocycles. The molecule has 134 valence electrons. The van der Waals surface area contributed by atoms with Crippen LogP contribution in [0.2, 0.25) is 0 Å². The van der Waals surface area contributed by atoms with Crippen molar-refractivity contribution in [2.75, 3.05) is 45.1 Å². The average Bonchev–Trinajstić information content (AvgIpc) is 2.62. The summed E-state index contributed by atoms with van der Waals surface area (Å²) in [6, 6.07) is 8.72. The lowest BCUT2D eigenvalue weighted by Gasteiger charge is -2.32. The number of rotatable bonds is 9. The number of aryl methyl sites for hydroxylation is 1. The summed E-state index contributed by atoms with van der Waals surface area (Å²) in [5, 5.41) is 0. The summed E-state index contributed by atoms with van der Waals surface area (Å²) in [6.07, 6.45) is 3.75. The van der Waals surface area contributed by atoms with Crippen molar-refractivity contribution in [1.29, 1.82) is 0 Å². The second kappa shape index (κ2) is 10.3. The minimum atomic E-state index is -0.0387. The zero-order valence-corrected chi connectivity index (χ0v) is 14.8. The Morgan fingerprint density at radius 2 is 1.92 bits per heavy atom. The van der Waals surface area contributed by atoms with E-state index in [1.165, 1.54) is 11.3 Å². The fourth-order valence-electron chi connectivity index (χ4n) is 3.03. The molecular weight excluding hydrogens is 306 g/mol. The molecular formula is C19H29NO4. The van der Waals surface area contributed by atoms with Crippen LogP contribution >= 0.6 is 0 Å². The van der Waals surface area contributed by atoms with Crippen LogP contribution in [0.25, 0.3) is 0 Å². The molecule has 0 amide bonds. The third-order valence-electron chi connectivity index (χ3n) is 4.37. The zero-order valence-electron chi connectivity index (χ0n) is 14.8. The summed E-state index contributed by atoms with van der Waals surface area (Å²) < 4.78 is 15.3. The molecule has 1 fully saturated rings. The number of hydrogen-bond acceptors (Lipinski definition) is 5. The van der Waals surface area contributed by atoms with Gasteiger partial charge in [-0.2, -0.15) is 0 Å². The molecule has 0 radical (unpaired) electrons. The predicted molar refractivity (Wildman–Crippen MR) is 94.2 cm³/mol. The van der Waals surface area contributed by atoms with Gasteiger partial charge >= 0.3 is 5.97 Å². The maximum absolute atomic E-state index is 11.8. The van der Waals surface area contributed by atoms with Gasteiger partial charge in [-0.1, -0.05) is 12.1 Å². The Labute approximate surface area is 144 Å². The Morgan fingerprint density at radius 1 is 1.21 bits per heavy atom. The lowest BCUT2D eigenvalue weighted by Crippen LogP contribution is -2.36. The summed E-state index contributed by atoms with van der Waals surface area (Å²) in [5.41, 5.74) is 2.55. The van der Waals surface area contributed by atoms with Gasteiger partial charge in [0, 0.05) is 32.5 Å². The number of carbonyl (C=O) groups is 1. The molecule has 1 aromatic rings. The fourth-order valence-corrected chi connectivity index (χ4v) is 3.03. The Balaban J connectivity index is 1.74. The van der Waals surface area contributed by atoms with Gasteiger partial charge in [0.05, 0.1) is 12.5 Å². The quantitative estimate of drug-likeness (QED) is 0.394. The van der Waals surface area contributed by atoms with Gasteiger partial charge in [0.25, 0.3) is 0 Å². The number of piperidine rings is 1. The van der Waals surface area contributed by atoms with E-state index in [1.807, 2.05) is 6.92 Å². The number of ether oxygens (including phenoxy) is 3. The van der Waals surface area contributed by atoms with Crippen LogP contribution in [0.3, 0.4) is 0 Å². The van der Waals surface area contributed by atoms with Crippen LogP contribution in [0, 0.1) is 5.92 Å². The number of anilines is 1. The molecule has 0 bridgehead atoms. The number of methoxy groups -OCH3 is 1. The summed E-state index contributed by atoms with van der Waals surface area (Å²) in [4.78, 5) is 14.1. The van der Waals surface area contributed by atoms with E-state index in [0.29, 0.717) is 13.4 Å². The van der Waals surface area contributed by atoms with Crippen molar-refractivity contribution in [3.63, 3.8) is 0 Å². The van der Waals surface area contributed by atoms with E-state index in [-0.39, 0.29) is 11.9 Å². The summed E-state index contributed by atoms with van der Waals surface area (Å²) in [6.45, 7) is 5.23. The SMILES string of the molecule is CCOC(=O)C1CCN(c2ccc(CCCOCOC)cc2)CC1. The third kappa shape index (κ3) is 5.80. The minimum absolute atomic E-state index is 0.0387. The Bertz CT molecular complexity index is 481. The van der Waals surface area contributed by atoms with E-state index in [2.05, 4.69) is 29.2 Å². The summed E-state index contributed by atoms with van der Waals surface area (Å²) >= 11 is 0. The van der Waals surface area contributed by atoms with Gasteiger partial charge in [-0.25, -0.2) is 0 Å². The number of benzene rings is 1. The lowest BCUT2D eigenvalue weighted by atomic mass is 9.96. The van der Waals surface area contributed by atoms with Crippen LogP contribution in [0.15, 0.2) is 24.3 Å². The van der Waals surface area contributed by atoms with Gasteiger partial charge in [0.15, 0.2) is 0 Å².